The molecule has 3 heteroatoms. The van der Waals surface area contributed by atoms with E-state index >= 15 is 0 Å². The third kappa shape index (κ3) is 3.63. The molecule has 0 amide bonds. The highest BCUT2D eigenvalue weighted by atomic mass is 16.5. The quantitative estimate of drug-likeness (QED) is 0.616. The first-order chi connectivity index (χ1) is 6.31. The summed E-state index contributed by atoms with van der Waals surface area (Å²) >= 11 is 0. The Morgan fingerprint density at radius 1 is 1.62 bits per heavy atom. The van der Waals surface area contributed by atoms with Gasteiger partial charge < -0.3 is 15.8 Å². The summed E-state index contributed by atoms with van der Waals surface area (Å²) in [6.07, 6.45) is 3.92. The number of rotatable bonds is 7. The molecule has 0 saturated heterocycles. The van der Waals surface area contributed by atoms with Gasteiger partial charge >= 0.3 is 0 Å². The van der Waals surface area contributed by atoms with Gasteiger partial charge in [-0.2, -0.15) is 0 Å². The van der Waals surface area contributed by atoms with Crippen LogP contribution in [-0.4, -0.2) is 32.3 Å². The number of hydrogen-bond acceptors (Lipinski definition) is 3. The van der Waals surface area contributed by atoms with Crippen LogP contribution in [0.1, 0.15) is 26.2 Å². The van der Waals surface area contributed by atoms with Gasteiger partial charge in [-0.05, 0) is 25.3 Å². The second-order valence-corrected chi connectivity index (χ2v) is 3.85. The second kappa shape index (κ2) is 5.58. The normalized spacial score (nSPS) is 28.8. The van der Waals surface area contributed by atoms with Gasteiger partial charge in [0.1, 0.15) is 0 Å². The number of hydrogen-bond donors (Lipinski definition) is 2. The van der Waals surface area contributed by atoms with Crippen molar-refractivity contribution < 1.29 is 4.74 Å². The highest BCUT2D eigenvalue weighted by Gasteiger charge is 2.34. The molecule has 13 heavy (non-hydrogen) atoms. The Hall–Kier alpha value is -0.120. The van der Waals surface area contributed by atoms with Gasteiger partial charge in [0.2, 0.25) is 0 Å². The zero-order chi connectivity index (χ0) is 9.68. The van der Waals surface area contributed by atoms with E-state index in [1.807, 2.05) is 0 Å². The van der Waals surface area contributed by atoms with Crippen LogP contribution in [0.4, 0.5) is 0 Å². The SMILES string of the molecule is CCC1CC1NCCC(CN)OC. The Morgan fingerprint density at radius 2 is 2.38 bits per heavy atom. The Morgan fingerprint density at radius 3 is 2.85 bits per heavy atom. The fourth-order valence-electron chi connectivity index (χ4n) is 1.71. The summed E-state index contributed by atoms with van der Waals surface area (Å²) in [7, 11) is 1.73. The molecule has 0 aliphatic heterocycles. The molecule has 0 aromatic rings. The minimum Gasteiger partial charge on any atom is -0.380 e. The van der Waals surface area contributed by atoms with Gasteiger partial charge in [0.05, 0.1) is 6.10 Å². The molecule has 1 aliphatic rings. The second-order valence-electron chi connectivity index (χ2n) is 3.85. The van der Waals surface area contributed by atoms with E-state index in [9.17, 15) is 0 Å². The Kier molecular flexibility index (Phi) is 4.70. The highest BCUT2D eigenvalue weighted by Crippen LogP contribution is 2.32. The number of nitrogens with one attached hydrogen (secondary N) is 1. The zero-order valence-electron chi connectivity index (χ0n) is 8.75. The third-order valence-electron chi connectivity index (χ3n) is 2.92. The molecule has 0 aromatic heterocycles. The molecule has 1 rings (SSSR count). The Bertz CT molecular complexity index is 137. The Balaban J connectivity index is 1.95. The molecule has 0 bridgehead atoms. The van der Waals surface area contributed by atoms with Gasteiger partial charge in [0, 0.05) is 19.7 Å². The van der Waals surface area contributed by atoms with Crippen molar-refractivity contribution >= 4 is 0 Å². The summed E-state index contributed by atoms with van der Waals surface area (Å²) < 4.78 is 5.19. The van der Waals surface area contributed by atoms with Gasteiger partial charge in [-0.3, -0.25) is 0 Å². The zero-order valence-corrected chi connectivity index (χ0v) is 8.75. The largest absolute Gasteiger partial charge is 0.380 e. The van der Waals surface area contributed by atoms with Crippen LogP contribution in [-0.2, 0) is 4.74 Å². The molecule has 3 unspecified atom stereocenters. The van der Waals surface area contributed by atoms with Crippen LogP contribution in [0.25, 0.3) is 0 Å². The minimum absolute atomic E-state index is 0.228. The van der Waals surface area contributed by atoms with Gasteiger partial charge in [-0.15, -0.1) is 0 Å². The Labute approximate surface area is 81.0 Å². The van der Waals surface area contributed by atoms with E-state index in [1.165, 1.54) is 12.8 Å². The molecule has 1 saturated carbocycles. The molecule has 1 fully saturated rings. The highest BCUT2D eigenvalue weighted by molar-refractivity contribution is 4.91. The molecule has 0 aromatic carbocycles. The van der Waals surface area contributed by atoms with E-state index in [2.05, 4.69) is 12.2 Å². The molecule has 3 N–H and O–H groups in total. The smallest absolute Gasteiger partial charge is 0.0705 e. The number of methoxy groups -OCH3 is 1. The molecule has 0 heterocycles. The maximum atomic E-state index is 5.52. The van der Waals surface area contributed by atoms with Gasteiger partial charge in [0.15, 0.2) is 0 Å². The maximum absolute atomic E-state index is 5.52. The van der Waals surface area contributed by atoms with E-state index in [0.29, 0.717) is 6.54 Å². The van der Waals surface area contributed by atoms with Crippen molar-refractivity contribution in [3.05, 3.63) is 0 Å². The van der Waals surface area contributed by atoms with E-state index < -0.39 is 0 Å². The van der Waals surface area contributed by atoms with Crippen molar-refractivity contribution in [2.75, 3.05) is 20.2 Å². The topological polar surface area (TPSA) is 47.3 Å². The van der Waals surface area contributed by atoms with Crippen LogP contribution in [0, 0.1) is 5.92 Å². The van der Waals surface area contributed by atoms with Crippen molar-refractivity contribution in [1.29, 1.82) is 0 Å². The van der Waals surface area contributed by atoms with Gasteiger partial charge in [-0.25, -0.2) is 0 Å². The summed E-state index contributed by atoms with van der Waals surface area (Å²) in [6, 6.07) is 0.778. The summed E-state index contributed by atoms with van der Waals surface area (Å²) in [5, 5.41) is 3.52. The molecule has 0 radical (unpaired) electrons. The van der Waals surface area contributed by atoms with Crippen LogP contribution in [0.15, 0.2) is 0 Å². The molecule has 1 aliphatic carbocycles. The molecular weight excluding hydrogens is 164 g/mol. The van der Waals surface area contributed by atoms with Crippen molar-refractivity contribution in [2.45, 2.75) is 38.3 Å². The lowest BCUT2D eigenvalue weighted by Gasteiger charge is -2.12. The van der Waals surface area contributed by atoms with Crippen molar-refractivity contribution in [3.63, 3.8) is 0 Å². The average molecular weight is 186 g/mol. The molecule has 78 valence electrons. The monoisotopic (exact) mass is 186 g/mol. The van der Waals surface area contributed by atoms with E-state index in [4.69, 9.17) is 10.5 Å². The summed E-state index contributed by atoms with van der Waals surface area (Å²) in [4.78, 5) is 0. The third-order valence-corrected chi connectivity index (χ3v) is 2.92. The van der Waals surface area contributed by atoms with Crippen LogP contribution in [0.3, 0.4) is 0 Å². The van der Waals surface area contributed by atoms with Crippen LogP contribution >= 0.6 is 0 Å². The first kappa shape index (κ1) is 11.0. The predicted molar refractivity (Wildman–Crippen MR) is 54.7 cm³/mol. The van der Waals surface area contributed by atoms with Crippen molar-refractivity contribution in [3.8, 4) is 0 Å². The number of nitrogens with two attached hydrogens (primary N) is 1. The van der Waals surface area contributed by atoms with Crippen LogP contribution in [0.5, 0.6) is 0 Å². The first-order valence-corrected chi connectivity index (χ1v) is 5.28. The number of ether oxygens (including phenoxy) is 1. The standard InChI is InChI=1S/C10H22N2O/c1-3-8-6-10(8)12-5-4-9(7-11)13-2/h8-10,12H,3-7,11H2,1-2H3. The van der Waals surface area contributed by atoms with Crippen molar-refractivity contribution in [2.24, 2.45) is 11.7 Å². The minimum atomic E-state index is 0.228. The van der Waals surface area contributed by atoms with Crippen molar-refractivity contribution in [1.82, 2.24) is 5.32 Å². The van der Waals surface area contributed by atoms with Crippen LogP contribution in [0.2, 0.25) is 0 Å². The lowest BCUT2D eigenvalue weighted by Crippen LogP contribution is -2.29. The molecular formula is C10H22N2O. The predicted octanol–water partition coefficient (Wildman–Crippen LogP) is 0.738. The fraction of sp³-hybridized carbons (Fsp3) is 1.00. The average Bonchev–Trinajstić information content (AvgIpc) is 2.91. The molecule has 0 spiro atoms. The van der Waals surface area contributed by atoms with Gasteiger partial charge in [-0.1, -0.05) is 13.3 Å². The summed E-state index contributed by atoms with van der Waals surface area (Å²) in [6.45, 7) is 3.92. The lowest BCUT2D eigenvalue weighted by atomic mass is 10.2. The van der Waals surface area contributed by atoms with Gasteiger partial charge in [0.25, 0.3) is 0 Å². The maximum Gasteiger partial charge on any atom is 0.0705 e. The van der Waals surface area contributed by atoms with E-state index in [0.717, 1.165) is 24.9 Å². The summed E-state index contributed by atoms with van der Waals surface area (Å²) in [5.41, 5.74) is 5.52. The first-order valence-electron chi connectivity index (χ1n) is 5.28. The van der Waals surface area contributed by atoms with Crippen LogP contribution < -0.4 is 11.1 Å². The van der Waals surface area contributed by atoms with E-state index in [1.54, 1.807) is 7.11 Å². The van der Waals surface area contributed by atoms with E-state index in [-0.39, 0.29) is 6.10 Å². The molecule has 3 atom stereocenters. The molecule has 3 nitrogen and oxygen atoms in total. The fourth-order valence-corrected chi connectivity index (χ4v) is 1.71. The lowest BCUT2D eigenvalue weighted by molar-refractivity contribution is 0.102. The summed E-state index contributed by atoms with van der Waals surface area (Å²) in [5.74, 6) is 0.930.